The number of hydrogen-bond donors (Lipinski definition) is 1. The number of methoxy groups -OCH3 is 1. The molecule has 0 aromatic carbocycles. The molecule has 1 aromatic heterocycles. The van der Waals surface area contributed by atoms with Crippen LogP contribution in [0.2, 0.25) is 5.15 Å². The molecule has 1 heterocycles. The van der Waals surface area contributed by atoms with Gasteiger partial charge in [-0.05, 0) is 31.4 Å². The average Bonchev–Trinajstić information content (AvgIpc) is 2.77. The molecule has 92 valence electrons. The topological polar surface area (TPSA) is 51.2 Å². The molecule has 0 aliphatic heterocycles. The van der Waals surface area contributed by atoms with E-state index >= 15 is 0 Å². The minimum atomic E-state index is -0.122. The summed E-state index contributed by atoms with van der Waals surface area (Å²) in [5.41, 5.74) is 0.524. The fourth-order valence-electron chi connectivity index (χ4n) is 2.14. The predicted molar refractivity (Wildman–Crippen MR) is 65.1 cm³/mol. The summed E-state index contributed by atoms with van der Waals surface area (Å²) in [7, 11) is 1.68. The number of aromatic nitrogens is 1. The number of pyridine rings is 1. The molecule has 1 aromatic rings. The summed E-state index contributed by atoms with van der Waals surface area (Å²) < 4.78 is 5.33. The molecule has 1 N–H and O–H groups in total. The van der Waals surface area contributed by atoms with Crippen LogP contribution in [-0.2, 0) is 4.74 Å². The summed E-state index contributed by atoms with van der Waals surface area (Å²) in [6.45, 7) is 0. The van der Waals surface area contributed by atoms with Crippen LogP contribution in [0.1, 0.15) is 29.6 Å². The highest BCUT2D eigenvalue weighted by Gasteiger charge is 2.28. The molecular formula is C12H15ClN2O2. The van der Waals surface area contributed by atoms with Crippen LogP contribution in [0.15, 0.2) is 18.3 Å². The molecule has 2 rings (SSSR count). The summed E-state index contributed by atoms with van der Waals surface area (Å²) in [5.74, 6) is -0.122. The van der Waals surface area contributed by atoms with Crippen molar-refractivity contribution in [3.05, 3.63) is 29.0 Å². The number of hydrogen-bond acceptors (Lipinski definition) is 3. The first-order valence-corrected chi connectivity index (χ1v) is 6.03. The Morgan fingerprint density at radius 1 is 1.53 bits per heavy atom. The maximum atomic E-state index is 11.9. The number of rotatable bonds is 3. The number of carbonyl (C=O) groups excluding carboxylic acids is 1. The Balaban J connectivity index is 1.99. The second-order valence-electron chi connectivity index (χ2n) is 4.15. The molecule has 2 atom stereocenters. The second-order valence-corrected chi connectivity index (χ2v) is 4.54. The van der Waals surface area contributed by atoms with Crippen LogP contribution in [0.4, 0.5) is 0 Å². The van der Waals surface area contributed by atoms with Gasteiger partial charge < -0.3 is 10.1 Å². The van der Waals surface area contributed by atoms with Gasteiger partial charge in [0, 0.05) is 13.3 Å². The van der Waals surface area contributed by atoms with E-state index in [1.165, 1.54) is 6.20 Å². The van der Waals surface area contributed by atoms with Crippen LogP contribution < -0.4 is 5.32 Å². The molecule has 5 heteroatoms. The summed E-state index contributed by atoms with van der Waals surface area (Å²) in [6.07, 6.45) is 4.65. The fourth-order valence-corrected chi connectivity index (χ4v) is 2.25. The quantitative estimate of drug-likeness (QED) is 0.840. The Bertz CT molecular complexity index is 394. The van der Waals surface area contributed by atoms with E-state index in [0.717, 1.165) is 19.3 Å². The van der Waals surface area contributed by atoms with Crippen molar-refractivity contribution in [3.8, 4) is 0 Å². The van der Waals surface area contributed by atoms with E-state index in [-0.39, 0.29) is 18.1 Å². The molecule has 1 amide bonds. The summed E-state index contributed by atoms with van der Waals surface area (Å²) in [5, 5.41) is 3.35. The highest BCUT2D eigenvalue weighted by molar-refractivity contribution is 6.29. The van der Waals surface area contributed by atoms with Gasteiger partial charge in [0.2, 0.25) is 0 Å². The van der Waals surface area contributed by atoms with Crippen LogP contribution in [0.5, 0.6) is 0 Å². The molecule has 1 fully saturated rings. The van der Waals surface area contributed by atoms with Gasteiger partial charge >= 0.3 is 0 Å². The third kappa shape index (κ3) is 2.96. The second kappa shape index (κ2) is 5.47. The summed E-state index contributed by atoms with van der Waals surface area (Å²) in [4.78, 5) is 15.8. The lowest BCUT2D eigenvalue weighted by Gasteiger charge is -2.19. The van der Waals surface area contributed by atoms with Gasteiger partial charge in [-0.15, -0.1) is 0 Å². The first-order valence-electron chi connectivity index (χ1n) is 5.66. The van der Waals surface area contributed by atoms with Crippen molar-refractivity contribution >= 4 is 17.5 Å². The standard InChI is InChI=1S/C12H15ClN2O2/c1-17-10-4-2-3-9(10)15-12(16)8-5-6-11(13)14-7-8/h5-7,9-10H,2-4H2,1H3,(H,15,16). The SMILES string of the molecule is COC1CCCC1NC(=O)c1ccc(Cl)nc1. The first-order chi connectivity index (χ1) is 8.20. The lowest BCUT2D eigenvalue weighted by atomic mass is 10.2. The van der Waals surface area contributed by atoms with Crippen LogP contribution in [0.3, 0.4) is 0 Å². The highest BCUT2D eigenvalue weighted by atomic mass is 35.5. The van der Waals surface area contributed by atoms with E-state index in [1.54, 1.807) is 19.2 Å². The van der Waals surface area contributed by atoms with E-state index in [1.807, 2.05) is 0 Å². The zero-order valence-corrected chi connectivity index (χ0v) is 10.4. The normalized spacial score (nSPS) is 23.6. The molecule has 1 saturated carbocycles. The minimum Gasteiger partial charge on any atom is -0.379 e. The molecular weight excluding hydrogens is 240 g/mol. The van der Waals surface area contributed by atoms with E-state index in [4.69, 9.17) is 16.3 Å². The van der Waals surface area contributed by atoms with Crippen molar-refractivity contribution in [1.29, 1.82) is 0 Å². The van der Waals surface area contributed by atoms with Gasteiger partial charge in [0.05, 0.1) is 17.7 Å². The number of carbonyl (C=O) groups is 1. The van der Waals surface area contributed by atoms with E-state index in [2.05, 4.69) is 10.3 Å². The molecule has 0 saturated heterocycles. The molecule has 0 radical (unpaired) electrons. The molecule has 1 aliphatic rings. The lowest BCUT2D eigenvalue weighted by molar-refractivity contribution is 0.0722. The Labute approximate surface area is 105 Å². The first kappa shape index (κ1) is 12.3. The van der Waals surface area contributed by atoms with Gasteiger partial charge in [0.1, 0.15) is 5.15 Å². The Kier molecular flexibility index (Phi) is 3.97. The molecule has 17 heavy (non-hydrogen) atoms. The number of halogens is 1. The van der Waals surface area contributed by atoms with Gasteiger partial charge in [-0.25, -0.2) is 4.98 Å². The van der Waals surface area contributed by atoms with E-state index in [0.29, 0.717) is 10.7 Å². The van der Waals surface area contributed by atoms with Crippen molar-refractivity contribution in [2.45, 2.75) is 31.4 Å². The number of nitrogens with zero attached hydrogens (tertiary/aromatic N) is 1. The Morgan fingerprint density at radius 2 is 2.35 bits per heavy atom. The smallest absolute Gasteiger partial charge is 0.253 e. The van der Waals surface area contributed by atoms with Gasteiger partial charge in [-0.2, -0.15) is 0 Å². The van der Waals surface area contributed by atoms with Crippen molar-refractivity contribution in [3.63, 3.8) is 0 Å². The average molecular weight is 255 g/mol. The molecule has 0 bridgehead atoms. The van der Waals surface area contributed by atoms with Crippen molar-refractivity contribution in [1.82, 2.24) is 10.3 Å². The predicted octanol–water partition coefficient (Wildman–Crippen LogP) is 2.03. The van der Waals surface area contributed by atoms with Crippen molar-refractivity contribution < 1.29 is 9.53 Å². The van der Waals surface area contributed by atoms with Crippen LogP contribution in [0, 0.1) is 0 Å². The number of nitrogens with one attached hydrogen (secondary N) is 1. The maximum absolute atomic E-state index is 11.9. The van der Waals surface area contributed by atoms with E-state index < -0.39 is 0 Å². The number of amides is 1. The highest BCUT2D eigenvalue weighted by Crippen LogP contribution is 2.21. The molecule has 0 spiro atoms. The third-order valence-corrected chi connectivity index (χ3v) is 3.28. The summed E-state index contributed by atoms with van der Waals surface area (Å²) >= 11 is 5.67. The zero-order chi connectivity index (χ0) is 12.3. The van der Waals surface area contributed by atoms with Gasteiger partial charge in [-0.1, -0.05) is 11.6 Å². The van der Waals surface area contributed by atoms with Gasteiger partial charge in [0.25, 0.3) is 5.91 Å². The molecule has 2 unspecified atom stereocenters. The monoisotopic (exact) mass is 254 g/mol. The minimum absolute atomic E-state index is 0.100. The maximum Gasteiger partial charge on any atom is 0.253 e. The largest absolute Gasteiger partial charge is 0.379 e. The number of ether oxygens (including phenoxy) is 1. The van der Waals surface area contributed by atoms with E-state index in [9.17, 15) is 4.79 Å². The van der Waals surface area contributed by atoms with Gasteiger partial charge in [0.15, 0.2) is 0 Å². The third-order valence-electron chi connectivity index (χ3n) is 3.06. The molecule has 4 nitrogen and oxygen atoms in total. The van der Waals surface area contributed by atoms with Crippen LogP contribution in [0.25, 0.3) is 0 Å². The lowest BCUT2D eigenvalue weighted by Crippen LogP contribution is -2.40. The van der Waals surface area contributed by atoms with Crippen LogP contribution >= 0.6 is 11.6 Å². The van der Waals surface area contributed by atoms with Crippen molar-refractivity contribution in [2.24, 2.45) is 0 Å². The Hall–Kier alpha value is -1.13. The van der Waals surface area contributed by atoms with Gasteiger partial charge in [-0.3, -0.25) is 4.79 Å². The fraction of sp³-hybridized carbons (Fsp3) is 0.500. The molecule has 1 aliphatic carbocycles. The van der Waals surface area contributed by atoms with Crippen molar-refractivity contribution in [2.75, 3.05) is 7.11 Å². The summed E-state index contributed by atoms with van der Waals surface area (Å²) in [6, 6.07) is 3.38. The van der Waals surface area contributed by atoms with Crippen LogP contribution in [-0.4, -0.2) is 30.1 Å². The zero-order valence-electron chi connectivity index (χ0n) is 9.65. The Morgan fingerprint density at radius 3 is 3.00 bits per heavy atom.